The highest BCUT2D eigenvalue weighted by molar-refractivity contribution is 7.90. The lowest BCUT2D eigenvalue weighted by Gasteiger charge is -2.22. The van der Waals surface area contributed by atoms with Gasteiger partial charge in [0.25, 0.3) is 0 Å². The molecule has 9 heteroatoms. The molecule has 1 aromatic heterocycles. The van der Waals surface area contributed by atoms with Crippen LogP contribution in [0.15, 0.2) is 47.4 Å². The van der Waals surface area contributed by atoms with Gasteiger partial charge >= 0.3 is 6.18 Å². The molecule has 0 amide bonds. The molecule has 5 nitrogen and oxygen atoms in total. The maximum absolute atomic E-state index is 12.9. The van der Waals surface area contributed by atoms with Gasteiger partial charge in [-0.15, -0.1) is 0 Å². The summed E-state index contributed by atoms with van der Waals surface area (Å²) in [5.74, 6) is 0.966. The van der Waals surface area contributed by atoms with Crippen molar-refractivity contribution in [1.82, 2.24) is 9.55 Å². The van der Waals surface area contributed by atoms with Crippen molar-refractivity contribution < 1.29 is 26.3 Å². The van der Waals surface area contributed by atoms with Crippen molar-refractivity contribution in [3.63, 3.8) is 0 Å². The van der Waals surface area contributed by atoms with Gasteiger partial charge in [-0.05, 0) is 31.2 Å². The standard InChI is InChI=1S/C19H15F3N2O3S/c1-11-18(12-3-5-13(6-4-12)19(20,21)22)24-15-8-7-14(28(2,25)26)9-16(15)27-10-17(24)23-11/h3-9H,10H2,1-2H3. The van der Waals surface area contributed by atoms with Gasteiger partial charge in [0.1, 0.15) is 12.4 Å². The largest absolute Gasteiger partial charge is 0.483 e. The Labute approximate surface area is 159 Å². The van der Waals surface area contributed by atoms with Crippen molar-refractivity contribution >= 4 is 9.84 Å². The summed E-state index contributed by atoms with van der Waals surface area (Å²) < 4.78 is 69.6. The Kier molecular flexibility index (Phi) is 4.04. The Balaban J connectivity index is 1.87. The molecule has 0 radical (unpaired) electrons. The van der Waals surface area contributed by atoms with Crippen LogP contribution in [0.2, 0.25) is 0 Å². The summed E-state index contributed by atoms with van der Waals surface area (Å²) in [6.07, 6.45) is -3.30. The predicted octanol–water partition coefficient (Wildman–Crippen LogP) is 4.16. The Morgan fingerprint density at radius 1 is 1.11 bits per heavy atom. The summed E-state index contributed by atoms with van der Waals surface area (Å²) in [7, 11) is -3.40. The minimum Gasteiger partial charge on any atom is -0.483 e. The number of alkyl halides is 3. The minimum atomic E-state index is -4.41. The number of ether oxygens (including phenoxy) is 1. The van der Waals surface area contributed by atoms with E-state index in [-0.39, 0.29) is 11.5 Å². The molecule has 0 atom stereocenters. The zero-order chi connectivity index (χ0) is 20.3. The van der Waals surface area contributed by atoms with E-state index in [1.54, 1.807) is 17.6 Å². The fourth-order valence-corrected chi connectivity index (χ4v) is 3.90. The number of imidazole rings is 1. The molecule has 0 spiro atoms. The highest BCUT2D eigenvalue weighted by Gasteiger charge is 2.31. The topological polar surface area (TPSA) is 61.2 Å². The Bertz CT molecular complexity index is 1180. The number of rotatable bonds is 2. The maximum Gasteiger partial charge on any atom is 0.416 e. The van der Waals surface area contributed by atoms with Crippen molar-refractivity contribution in [3.8, 4) is 22.7 Å². The molecule has 2 aromatic carbocycles. The third-order valence-corrected chi connectivity index (χ3v) is 5.67. The van der Waals surface area contributed by atoms with Crippen LogP contribution in [0.5, 0.6) is 5.75 Å². The van der Waals surface area contributed by atoms with Crippen LogP contribution in [-0.2, 0) is 22.6 Å². The van der Waals surface area contributed by atoms with Gasteiger partial charge in [-0.2, -0.15) is 13.2 Å². The van der Waals surface area contributed by atoms with Crippen LogP contribution in [0, 0.1) is 6.92 Å². The number of hydrogen-bond donors (Lipinski definition) is 0. The van der Waals surface area contributed by atoms with E-state index < -0.39 is 21.6 Å². The van der Waals surface area contributed by atoms with E-state index in [4.69, 9.17) is 4.74 Å². The monoisotopic (exact) mass is 408 g/mol. The molecule has 2 heterocycles. The highest BCUT2D eigenvalue weighted by atomic mass is 32.2. The zero-order valence-electron chi connectivity index (χ0n) is 14.9. The first-order chi connectivity index (χ1) is 13.1. The first kappa shape index (κ1) is 18.5. The predicted molar refractivity (Wildman–Crippen MR) is 96.2 cm³/mol. The van der Waals surface area contributed by atoms with Gasteiger partial charge in [0.2, 0.25) is 0 Å². The number of nitrogens with zero attached hydrogens (tertiary/aromatic N) is 2. The van der Waals surface area contributed by atoms with Crippen molar-refractivity contribution in [3.05, 3.63) is 59.5 Å². The Morgan fingerprint density at radius 2 is 1.79 bits per heavy atom. The molecule has 3 aromatic rings. The number of halogens is 3. The molecule has 0 N–H and O–H groups in total. The average Bonchev–Trinajstić information content (AvgIpc) is 2.96. The second-order valence-electron chi connectivity index (χ2n) is 6.56. The van der Waals surface area contributed by atoms with E-state index in [9.17, 15) is 21.6 Å². The maximum atomic E-state index is 12.9. The lowest BCUT2D eigenvalue weighted by Crippen LogP contribution is -2.14. The Hall–Kier alpha value is -2.81. The zero-order valence-corrected chi connectivity index (χ0v) is 15.7. The number of fused-ring (bicyclic) bond motifs is 3. The highest BCUT2D eigenvalue weighted by Crippen LogP contribution is 2.38. The van der Waals surface area contributed by atoms with Crippen LogP contribution >= 0.6 is 0 Å². The van der Waals surface area contributed by atoms with Crippen molar-refractivity contribution in [1.29, 1.82) is 0 Å². The van der Waals surface area contributed by atoms with E-state index in [2.05, 4.69) is 4.98 Å². The lowest BCUT2D eigenvalue weighted by atomic mass is 10.1. The first-order valence-electron chi connectivity index (χ1n) is 8.29. The van der Waals surface area contributed by atoms with Gasteiger partial charge in [0, 0.05) is 17.9 Å². The quantitative estimate of drug-likeness (QED) is 0.639. The van der Waals surface area contributed by atoms with Crippen LogP contribution in [0.25, 0.3) is 16.9 Å². The first-order valence-corrected chi connectivity index (χ1v) is 10.2. The molecule has 0 saturated heterocycles. The van der Waals surface area contributed by atoms with Crippen LogP contribution in [-0.4, -0.2) is 24.2 Å². The summed E-state index contributed by atoms with van der Waals surface area (Å²) in [6.45, 7) is 1.89. The van der Waals surface area contributed by atoms with Crippen molar-refractivity contribution in [2.45, 2.75) is 24.6 Å². The van der Waals surface area contributed by atoms with Crippen LogP contribution < -0.4 is 4.74 Å². The van der Waals surface area contributed by atoms with E-state index in [0.717, 1.165) is 18.4 Å². The van der Waals surface area contributed by atoms with Gasteiger partial charge < -0.3 is 4.74 Å². The number of benzene rings is 2. The minimum absolute atomic E-state index is 0.127. The molecule has 146 valence electrons. The SMILES string of the molecule is Cc1nc2n(c1-c1ccc(C(F)(F)F)cc1)-c1ccc(S(C)(=O)=O)cc1OC2. The third kappa shape index (κ3) is 3.05. The summed E-state index contributed by atoms with van der Waals surface area (Å²) in [5, 5.41) is 0. The van der Waals surface area contributed by atoms with Crippen molar-refractivity contribution in [2.24, 2.45) is 0 Å². The fourth-order valence-electron chi connectivity index (χ4n) is 3.27. The fraction of sp³-hybridized carbons (Fsp3) is 0.211. The van der Waals surface area contributed by atoms with Gasteiger partial charge in [-0.1, -0.05) is 12.1 Å². The van der Waals surface area contributed by atoms with E-state index in [0.29, 0.717) is 34.2 Å². The van der Waals surface area contributed by atoms with E-state index >= 15 is 0 Å². The van der Waals surface area contributed by atoms with Gasteiger partial charge in [-0.3, -0.25) is 4.57 Å². The smallest absolute Gasteiger partial charge is 0.416 e. The summed E-state index contributed by atoms with van der Waals surface area (Å²) >= 11 is 0. The molecule has 1 aliphatic heterocycles. The molecular weight excluding hydrogens is 393 g/mol. The Morgan fingerprint density at radius 3 is 2.39 bits per heavy atom. The van der Waals surface area contributed by atoms with Crippen molar-refractivity contribution in [2.75, 3.05) is 6.26 Å². The van der Waals surface area contributed by atoms with Crippen LogP contribution in [0.4, 0.5) is 13.2 Å². The van der Waals surface area contributed by atoms with Gasteiger partial charge in [0.05, 0.1) is 27.5 Å². The molecule has 28 heavy (non-hydrogen) atoms. The second-order valence-corrected chi connectivity index (χ2v) is 8.58. The molecule has 0 saturated carbocycles. The number of aryl methyl sites for hydroxylation is 1. The number of hydrogen-bond acceptors (Lipinski definition) is 4. The van der Waals surface area contributed by atoms with Crippen LogP contribution in [0.3, 0.4) is 0 Å². The molecule has 0 bridgehead atoms. The molecular formula is C19H15F3N2O3S. The number of sulfone groups is 1. The molecule has 4 rings (SSSR count). The lowest BCUT2D eigenvalue weighted by molar-refractivity contribution is -0.137. The second kappa shape index (κ2) is 6.10. The average molecular weight is 408 g/mol. The van der Waals surface area contributed by atoms with Gasteiger partial charge in [0.15, 0.2) is 15.7 Å². The summed E-state index contributed by atoms with van der Waals surface area (Å²) in [6, 6.07) is 9.39. The van der Waals surface area contributed by atoms with E-state index in [1.807, 2.05) is 0 Å². The summed E-state index contributed by atoms with van der Waals surface area (Å²) in [4.78, 5) is 4.59. The normalized spacial score (nSPS) is 13.6. The number of aromatic nitrogens is 2. The van der Waals surface area contributed by atoms with Gasteiger partial charge in [-0.25, -0.2) is 13.4 Å². The van der Waals surface area contributed by atoms with Crippen LogP contribution in [0.1, 0.15) is 17.1 Å². The molecule has 0 fully saturated rings. The molecule has 1 aliphatic rings. The summed E-state index contributed by atoms with van der Waals surface area (Å²) in [5.41, 5.74) is 1.71. The third-order valence-electron chi connectivity index (χ3n) is 4.56. The molecule has 0 aliphatic carbocycles. The molecule has 0 unspecified atom stereocenters. The van der Waals surface area contributed by atoms with E-state index in [1.165, 1.54) is 24.3 Å².